The van der Waals surface area contributed by atoms with Crippen LogP contribution in [0, 0.1) is 0 Å². The molecule has 0 bridgehead atoms. The lowest BCUT2D eigenvalue weighted by atomic mass is 9.96. The van der Waals surface area contributed by atoms with Crippen molar-refractivity contribution in [1.82, 2.24) is 5.32 Å². The molecule has 3 aliphatic heterocycles. The molecule has 3 saturated heterocycles. The SMILES string of the molecule is CCCCCCCCCCCCCCCCCCCCCCCCCCCCCCCCCCCC(O)C(COC1OC(CO)C(OC2OC(CO)C(OC3OC(CO)C(O)C(O)C3O)C(O)C2O)C(O)C1O)NC(C)=O. The number of rotatable bonds is 46. The molecule has 456 valence electrons. The normalized spacial score (nSPS) is 30.6. The number of hydrogen-bond donors (Lipinski definition) is 12. The molecule has 3 heterocycles. The number of aliphatic hydroxyl groups excluding tert-OH is 11. The van der Waals surface area contributed by atoms with Gasteiger partial charge in [-0.05, 0) is 6.42 Å². The van der Waals surface area contributed by atoms with E-state index in [1.54, 1.807) is 0 Å². The molecule has 19 nitrogen and oxygen atoms in total. The molecule has 3 fully saturated rings. The summed E-state index contributed by atoms with van der Waals surface area (Å²) >= 11 is 0. The monoisotopic (exact) mass is 1110 g/mol. The molecular formula is C58H111NO18. The second-order valence-electron chi connectivity index (χ2n) is 22.6. The standard InChI is InChI=1S/C58H111NO18/c1-3-4-5-6-7-8-9-10-11-12-13-14-15-16-17-18-19-20-21-22-23-24-25-26-27-28-29-30-31-32-33-34-35-36-43(64)42(59-41(2)63)40-72-56-52(70)49(67)54(45(38-61)74-56)77-58-53(71)50(68)55(46(39-62)75-58)76-57-51(69)48(66)47(65)44(37-60)73-57/h42-58,60-62,64-71H,3-40H2,1-2H3,(H,59,63). The molecule has 12 N–H and O–H groups in total. The number of ether oxygens (including phenoxy) is 6. The fourth-order valence-electron chi connectivity index (χ4n) is 11.0. The molecule has 17 unspecified atom stereocenters. The van der Waals surface area contributed by atoms with E-state index in [0.717, 1.165) is 25.7 Å². The Bertz CT molecular complexity index is 1420. The first kappa shape index (κ1) is 70.1. The Morgan fingerprint density at radius 3 is 1.05 bits per heavy atom. The Hall–Kier alpha value is -1.21. The highest BCUT2D eigenvalue weighted by atomic mass is 16.8. The minimum atomic E-state index is -1.97. The van der Waals surface area contributed by atoms with Crippen LogP contribution in [0.3, 0.4) is 0 Å². The lowest BCUT2D eigenvalue weighted by Gasteiger charge is -2.48. The predicted octanol–water partition coefficient (Wildman–Crippen LogP) is 5.60. The molecule has 0 saturated carbocycles. The minimum Gasteiger partial charge on any atom is -0.394 e. The van der Waals surface area contributed by atoms with Crippen LogP contribution in [0.25, 0.3) is 0 Å². The molecule has 0 radical (unpaired) electrons. The van der Waals surface area contributed by atoms with Gasteiger partial charge in [0, 0.05) is 6.92 Å². The van der Waals surface area contributed by atoms with E-state index in [1.807, 2.05) is 0 Å². The van der Waals surface area contributed by atoms with Crippen molar-refractivity contribution in [3.63, 3.8) is 0 Å². The van der Waals surface area contributed by atoms with Gasteiger partial charge < -0.3 is 89.9 Å². The highest BCUT2D eigenvalue weighted by Gasteiger charge is 2.53. The zero-order valence-corrected chi connectivity index (χ0v) is 47.5. The number of carbonyl (C=O) groups is 1. The van der Waals surface area contributed by atoms with Gasteiger partial charge in [-0.2, -0.15) is 0 Å². The van der Waals surface area contributed by atoms with Gasteiger partial charge in [0.1, 0.15) is 73.2 Å². The van der Waals surface area contributed by atoms with Crippen LogP contribution >= 0.6 is 0 Å². The Morgan fingerprint density at radius 1 is 0.416 bits per heavy atom. The van der Waals surface area contributed by atoms with Crippen LogP contribution in [0.5, 0.6) is 0 Å². The molecule has 3 rings (SSSR count). The first-order valence-electron chi connectivity index (χ1n) is 30.7. The summed E-state index contributed by atoms with van der Waals surface area (Å²) in [5.74, 6) is -0.416. The molecule has 0 aromatic carbocycles. The number of aliphatic hydroxyl groups is 11. The first-order valence-corrected chi connectivity index (χ1v) is 30.7. The summed E-state index contributed by atoms with van der Waals surface area (Å²) in [5, 5.41) is 118. The van der Waals surface area contributed by atoms with Crippen LogP contribution in [-0.4, -0.2) is 193 Å². The van der Waals surface area contributed by atoms with Crippen molar-refractivity contribution in [3.8, 4) is 0 Å². The van der Waals surface area contributed by atoms with Crippen molar-refractivity contribution < 1.29 is 89.4 Å². The zero-order chi connectivity index (χ0) is 56.2. The van der Waals surface area contributed by atoms with E-state index in [9.17, 15) is 61.0 Å². The summed E-state index contributed by atoms with van der Waals surface area (Å²) in [6.45, 7) is 0.872. The molecule has 0 aliphatic carbocycles. The van der Waals surface area contributed by atoms with Gasteiger partial charge in [0.15, 0.2) is 18.9 Å². The van der Waals surface area contributed by atoms with E-state index in [0.29, 0.717) is 6.42 Å². The van der Waals surface area contributed by atoms with Gasteiger partial charge in [0.05, 0.1) is 38.6 Å². The minimum absolute atomic E-state index is 0.316. The first-order chi connectivity index (χ1) is 37.3. The van der Waals surface area contributed by atoms with Crippen molar-refractivity contribution in [3.05, 3.63) is 0 Å². The molecule has 3 aliphatic rings. The van der Waals surface area contributed by atoms with E-state index in [2.05, 4.69) is 12.2 Å². The average Bonchev–Trinajstić information content (AvgIpc) is 3.43. The highest BCUT2D eigenvalue weighted by Crippen LogP contribution is 2.33. The number of amides is 1. The quantitative estimate of drug-likeness (QED) is 0.0330. The van der Waals surface area contributed by atoms with Gasteiger partial charge in [0.25, 0.3) is 0 Å². The van der Waals surface area contributed by atoms with Crippen LogP contribution in [0.1, 0.15) is 232 Å². The van der Waals surface area contributed by atoms with Crippen LogP contribution in [0.2, 0.25) is 0 Å². The van der Waals surface area contributed by atoms with E-state index in [-0.39, 0.29) is 6.61 Å². The number of hydrogen-bond acceptors (Lipinski definition) is 18. The van der Waals surface area contributed by atoms with Gasteiger partial charge in [-0.3, -0.25) is 4.79 Å². The van der Waals surface area contributed by atoms with E-state index >= 15 is 0 Å². The molecule has 0 spiro atoms. The predicted molar refractivity (Wildman–Crippen MR) is 291 cm³/mol. The van der Waals surface area contributed by atoms with Crippen molar-refractivity contribution in [2.45, 2.75) is 336 Å². The Morgan fingerprint density at radius 2 is 0.714 bits per heavy atom. The Labute approximate surface area is 462 Å². The molecule has 19 heteroatoms. The molecule has 1 amide bonds. The van der Waals surface area contributed by atoms with E-state index in [1.165, 1.54) is 193 Å². The van der Waals surface area contributed by atoms with Gasteiger partial charge in [-0.15, -0.1) is 0 Å². The molecule has 0 aromatic rings. The third kappa shape index (κ3) is 27.2. The van der Waals surface area contributed by atoms with E-state index < -0.39 is 130 Å². The summed E-state index contributed by atoms with van der Waals surface area (Å²) < 4.78 is 33.8. The topological polar surface area (TPSA) is 307 Å². The van der Waals surface area contributed by atoms with Gasteiger partial charge in [-0.25, -0.2) is 0 Å². The van der Waals surface area contributed by atoms with Gasteiger partial charge in [-0.1, -0.05) is 219 Å². The summed E-state index contributed by atoms with van der Waals surface area (Å²) in [6.07, 6.45) is 18.0. The number of unbranched alkanes of at least 4 members (excludes halogenated alkanes) is 32. The van der Waals surface area contributed by atoms with Crippen molar-refractivity contribution in [2.75, 3.05) is 26.4 Å². The summed E-state index contributed by atoms with van der Waals surface area (Å²) in [4.78, 5) is 12.1. The van der Waals surface area contributed by atoms with Crippen LogP contribution in [0.4, 0.5) is 0 Å². The molecule has 17 atom stereocenters. The Kier molecular flexibility index (Phi) is 38.7. The molecule has 77 heavy (non-hydrogen) atoms. The van der Waals surface area contributed by atoms with Gasteiger partial charge in [0.2, 0.25) is 5.91 Å². The van der Waals surface area contributed by atoms with Crippen molar-refractivity contribution in [1.29, 1.82) is 0 Å². The number of carbonyl (C=O) groups excluding carboxylic acids is 1. The van der Waals surface area contributed by atoms with Crippen LogP contribution < -0.4 is 5.32 Å². The maximum atomic E-state index is 12.1. The van der Waals surface area contributed by atoms with Crippen LogP contribution in [0.15, 0.2) is 0 Å². The zero-order valence-electron chi connectivity index (χ0n) is 47.5. The van der Waals surface area contributed by atoms with Crippen molar-refractivity contribution in [2.24, 2.45) is 0 Å². The maximum Gasteiger partial charge on any atom is 0.217 e. The largest absolute Gasteiger partial charge is 0.394 e. The Balaban J connectivity index is 1.19. The van der Waals surface area contributed by atoms with E-state index in [4.69, 9.17) is 28.4 Å². The molecular weight excluding hydrogens is 999 g/mol. The fourth-order valence-corrected chi connectivity index (χ4v) is 11.0. The lowest BCUT2D eigenvalue weighted by Crippen LogP contribution is -2.66. The molecule has 0 aromatic heterocycles. The smallest absolute Gasteiger partial charge is 0.217 e. The van der Waals surface area contributed by atoms with Gasteiger partial charge >= 0.3 is 0 Å². The third-order valence-corrected chi connectivity index (χ3v) is 16.0. The maximum absolute atomic E-state index is 12.1. The fraction of sp³-hybridized carbons (Fsp3) is 0.983. The summed E-state index contributed by atoms with van der Waals surface area (Å²) in [6, 6.07) is -0.883. The second kappa shape index (κ2) is 42.6. The third-order valence-electron chi connectivity index (χ3n) is 16.0. The summed E-state index contributed by atoms with van der Waals surface area (Å²) in [7, 11) is 0. The van der Waals surface area contributed by atoms with Crippen molar-refractivity contribution >= 4 is 5.91 Å². The van der Waals surface area contributed by atoms with Crippen LogP contribution in [-0.2, 0) is 33.2 Å². The average molecular weight is 1110 g/mol. The number of nitrogens with one attached hydrogen (secondary N) is 1. The second-order valence-corrected chi connectivity index (χ2v) is 22.6. The lowest BCUT2D eigenvalue weighted by molar-refractivity contribution is -0.379. The summed E-state index contributed by atoms with van der Waals surface area (Å²) in [5.41, 5.74) is 0. The highest BCUT2D eigenvalue weighted by molar-refractivity contribution is 5.73.